The highest BCUT2D eigenvalue weighted by Crippen LogP contribution is 2.23. The molecule has 0 heterocycles. The minimum absolute atomic E-state index is 0.0884. The summed E-state index contributed by atoms with van der Waals surface area (Å²) in [7, 11) is 0. The van der Waals surface area contributed by atoms with Crippen LogP contribution in [0.4, 0.5) is 0 Å². The maximum atomic E-state index is 12.1. The minimum Gasteiger partial charge on any atom is -0.465 e. The molecule has 20 heavy (non-hydrogen) atoms. The van der Waals surface area contributed by atoms with Crippen LogP contribution >= 0.6 is 11.8 Å². The highest BCUT2D eigenvalue weighted by atomic mass is 32.2. The van der Waals surface area contributed by atoms with Crippen LogP contribution in [-0.4, -0.2) is 24.1 Å². The van der Waals surface area contributed by atoms with Crippen LogP contribution in [0.3, 0.4) is 0 Å². The molecule has 0 aliphatic heterocycles. The molecule has 0 aliphatic carbocycles. The van der Waals surface area contributed by atoms with Gasteiger partial charge >= 0.3 is 5.97 Å². The molecule has 0 aromatic heterocycles. The molecule has 0 N–H and O–H groups in total. The van der Waals surface area contributed by atoms with Gasteiger partial charge in [-0.05, 0) is 38.8 Å². The van der Waals surface area contributed by atoms with Gasteiger partial charge in [-0.3, -0.25) is 9.59 Å². The zero-order valence-corrected chi connectivity index (χ0v) is 13.4. The Balaban J connectivity index is 2.51. The van der Waals surface area contributed by atoms with Crippen molar-refractivity contribution < 1.29 is 14.3 Å². The summed E-state index contributed by atoms with van der Waals surface area (Å²) in [5, 5.41) is 0. The lowest BCUT2D eigenvalue weighted by molar-refractivity contribution is -0.157. The number of benzene rings is 1. The van der Waals surface area contributed by atoms with Gasteiger partial charge in [0.1, 0.15) is 5.41 Å². The molecule has 0 unspecified atom stereocenters. The van der Waals surface area contributed by atoms with Crippen LogP contribution in [0.15, 0.2) is 24.3 Å². The summed E-state index contributed by atoms with van der Waals surface area (Å²) in [6.45, 7) is 7.35. The van der Waals surface area contributed by atoms with Gasteiger partial charge in [0, 0.05) is 5.75 Å². The van der Waals surface area contributed by atoms with E-state index in [-0.39, 0.29) is 5.78 Å². The molecular weight excluding hydrogens is 272 g/mol. The number of carbonyl (C=O) groups is 2. The van der Waals surface area contributed by atoms with Crippen LogP contribution in [0.2, 0.25) is 0 Å². The molecule has 0 aliphatic rings. The number of esters is 1. The number of thioether (sulfide) groups is 1. The fraction of sp³-hybridized carbons (Fsp3) is 0.500. The van der Waals surface area contributed by atoms with Gasteiger partial charge in [0.2, 0.25) is 0 Å². The van der Waals surface area contributed by atoms with Crippen molar-refractivity contribution in [3.05, 3.63) is 35.4 Å². The van der Waals surface area contributed by atoms with Crippen molar-refractivity contribution in [2.24, 2.45) is 5.41 Å². The van der Waals surface area contributed by atoms with Crippen LogP contribution < -0.4 is 0 Å². The first-order valence-corrected chi connectivity index (χ1v) is 7.87. The number of hydrogen-bond donors (Lipinski definition) is 0. The van der Waals surface area contributed by atoms with E-state index in [0.717, 1.165) is 5.75 Å². The Morgan fingerprint density at radius 2 is 1.90 bits per heavy atom. The number of hydrogen-bond acceptors (Lipinski definition) is 4. The average Bonchev–Trinajstić information content (AvgIpc) is 2.41. The lowest BCUT2D eigenvalue weighted by Gasteiger charge is -2.20. The Labute approximate surface area is 125 Å². The van der Waals surface area contributed by atoms with Gasteiger partial charge in [-0.25, -0.2) is 0 Å². The third-order valence-corrected chi connectivity index (χ3v) is 4.22. The average molecular weight is 294 g/mol. The summed E-state index contributed by atoms with van der Waals surface area (Å²) in [6.07, 6.45) is 0. The minimum atomic E-state index is -1.06. The maximum absolute atomic E-state index is 12.1. The van der Waals surface area contributed by atoms with E-state index in [1.165, 1.54) is 22.9 Å². The molecule has 0 bridgehead atoms. The molecule has 1 aromatic rings. The van der Waals surface area contributed by atoms with Gasteiger partial charge < -0.3 is 4.74 Å². The summed E-state index contributed by atoms with van der Waals surface area (Å²) in [4.78, 5) is 23.9. The van der Waals surface area contributed by atoms with Crippen molar-refractivity contribution in [1.29, 1.82) is 0 Å². The number of ether oxygens (including phenoxy) is 1. The van der Waals surface area contributed by atoms with Crippen LogP contribution in [-0.2, 0) is 20.1 Å². The number of ketones is 1. The van der Waals surface area contributed by atoms with Crippen LogP contribution in [0, 0.1) is 12.3 Å². The second-order valence-corrected chi connectivity index (χ2v) is 6.17. The fourth-order valence-corrected chi connectivity index (χ4v) is 2.82. The topological polar surface area (TPSA) is 43.4 Å². The first kappa shape index (κ1) is 16.8. The molecule has 0 atom stereocenters. The standard InChI is InChI=1S/C16H22O3S/c1-5-19-15(18)16(3,4)14(17)11-20-10-13-9-7-6-8-12(13)2/h6-9H,5,10-11H2,1-4H3. The zero-order chi connectivity index (χ0) is 15.2. The number of rotatable bonds is 7. The smallest absolute Gasteiger partial charge is 0.319 e. The largest absolute Gasteiger partial charge is 0.465 e. The van der Waals surface area contributed by atoms with Gasteiger partial charge in [0.05, 0.1) is 12.4 Å². The molecule has 0 saturated carbocycles. The zero-order valence-electron chi connectivity index (χ0n) is 12.6. The van der Waals surface area contributed by atoms with Gasteiger partial charge in [-0.1, -0.05) is 24.3 Å². The summed E-state index contributed by atoms with van der Waals surface area (Å²) < 4.78 is 4.94. The predicted molar refractivity (Wildman–Crippen MR) is 82.8 cm³/mol. The number of carbonyl (C=O) groups excluding carboxylic acids is 2. The van der Waals surface area contributed by atoms with E-state index < -0.39 is 11.4 Å². The quantitative estimate of drug-likeness (QED) is 0.571. The van der Waals surface area contributed by atoms with E-state index >= 15 is 0 Å². The molecule has 1 rings (SSSR count). The molecule has 3 nitrogen and oxygen atoms in total. The van der Waals surface area contributed by atoms with E-state index in [1.807, 2.05) is 12.1 Å². The lowest BCUT2D eigenvalue weighted by Crippen LogP contribution is -2.36. The van der Waals surface area contributed by atoms with Crippen LogP contribution in [0.25, 0.3) is 0 Å². The highest BCUT2D eigenvalue weighted by molar-refractivity contribution is 7.99. The molecular formula is C16H22O3S. The third-order valence-electron chi connectivity index (χ3n) is 3.23. The van der Waals surface area contributed by atoms with E-state index in [0.29, 0.717) is 12.4 Å². The van der Waals surface area contributed by atoms with E-state index in [4.69, 9.17) is 4.74 Å². The Morgan fingerprint density at radius 1 is 1.25 bits per heavy atom. The molecule has 0 radical (unpaired) electrons. The fourth-order valence-electron chi connectivity index (χ4n) is 1.63. The highest BCUT2D eigenvalue weighted by Gasteiger charge is 2.36. The first-order chi connectivity index (χ1) is 9.39. The van der Waals surface area contributed by atoms with Crippen molar-refractivity contribution in [3.63, 3.8) is 0 Å². The van der Waals surface area contributed by atoms with Gasteiger partial charge in [-0.2, -0.15) is 0 Å². The van der Waals surface area contributed by atoms with E-state index in [2.05, 4.69) is 19.1 Å². The Bertz CT molecular complexity index is 480. The van der Waals surface area contributed by atoms with Crippen molar-refractivity contribution in [2.45, 2.75) is 33.4 Å². The molecule has 0 saturated heterocycles. The summed E-state index contributed by atoms with van der Waals surface area (Å²) in [6, 6.07) is 8.11. The Kier molecular flexibility index (Phi) is 6.27. The molecule has 1 aromatic carbocycles. The Morgan fingerprint density at radius 3 is 2.50 bits per heavy atom. The predicted octanol–water partition coefficient (Wildman–Crippen LogP) is 3.39. The number of aryl methyl sites for hydroxylation is 1. The first-order valence-electron chi connectivity index (χ1n) is 6.72. The second kappa shape index (κ2) is 7.48. The summed E-state index contributed by atoms with van der Waals surface area (Å²) in [5.74, 6) is 0.563. The van der Waals surface area contributed by atoms with Crippen LogP contribution in [0.1, 0.15) is 31.9 Å². The van der Waals surface area contributed by atoms with Crippen molar-refractivity contribution in [2.75, 3.05) is 12.4 Å². The van der Waals surface area contributed by atoms with E-state index in [1.54, 1.807) is 20.8 Å². The summed E-state index contributed by atoms with van der Waals surface area (Å²) >= 11 is 1.53. The second-order valence-electron chi connectivity index (χ2n) is 5.19. The maximum Gasteiger partial charge on any atom is 0.319 e. The third kappa shape index (κ3) is 4.37. The lowest BCUT2D eigenvalue weighted by atomic mass is 9.89. The van der Waals surface area contributed by atoms with Gasteiger partial charge in [-0.15, -0.1) is 11.8 Å². The molecule has 0 fully saturated rings. The van der Waals surface area contributed by atoms with Gasteiger partial charge in [0.25, 0.3) is 0 Å². The monoisotopic (exact) mass is 294 g/mol. The number of Topliss-reactive ketones (excluding diaryl/α,β-unsaturated/α-hetero) is 1. The van der Waals surface area contributed by atoms with Crippen LogP contribution in [0.5, 0.6) is 0 Å². The molecule has 0 amide bonds. The van der Waals surface area contributed by atoms with Crippen molar-refractivity contribution >= 4 is 23.5 Å². The molecule has 110 valence electrons. The van der Waals surface area contributed by atoms with E-state index in [9.17, 15) is 9.59 Å². The molecule has 0 spiro atoms. The van der Waals surface area contributed by atoms with Crippen molar-refractivity contribution in [3.8, 4) is 0 Å². The Hall–Kier alpha value is -1.29. The summed E-state index contributed by atoms with van der Waals surface area (Å²) in [5.41, 5.74) is 1.38. The van der Waals surface area contributed by atoms with Gasteiger partial charge in [0.15, 0.2) is 5.78 Å². The molecule has 4 heteroatoms. The normalized spacial score (nSPS) is 11.2. The SMILES string of the molecule is CCOC(=O)C(C)(C)C(=O)CSCc1ccccc1C. The van der Waals surface area contributed by atoms with Crippen molar-refractivity contribution in [1.82, 2.24) is 0 Å².